The van der Waals surface area contributed by atoms with E-state index >= 15 is 0 Å². The van der Waals surface area contributed by atoms with Gasteiger partial charge < -0.3 is 4.90 Å². The summed E-state index contributed by atoms with van der Waals surface area (Å²) in [6.07, 6.45) is 2.19. The summed E-state index contributed by atoms with van der Waals surface area (Å²) in [6, 6.07) is 10.0. The molecule has 0 amide bonds. The van der Waals surface area contributed by atoms with Crippen molar-refractivity contribution in [2.75, 3.05) is 12.3 Å². The van der Waals surface area contributed by atoms with Crippen LogP contribution in [0.25, 0.3) is 0 Å². The average molecular weight is 250 g/mol. The number of nitro groups is 1. The van der Waals surface area contributed by atoms with Gasteiger partial charge >= 0.3 is 0 Å². The van der Waals surface area contributed by atoms with E-state index in [9.17, 15) is 10.1 Å². The predicted octanol–water partition coefficient (Wildman–Crippen LogP) is 2.70. The maximum atomic E-state index is 10.6. The lowest BCUT2D eigenvalue weighted by molar-refractivity contribution is -0.403. The fourth-order valence-electron chi connectivity index (χ4n) is 1.80. The Kier molecular flexibility index (Phi) is 4.03. The maximum absolute atomic E-state index is 10.6. The summed E-state index contributed by atoms with van der Waals surface area (Å²) in [5.41, 5.74) is 1.18. The molecule has 1 aromatic rings. The number of rotatable bonds is 3. The van der Waals surface area contributed by atoms with E-state index in [0.29, 0.717) is 0 Å². The molecule has 0 radical (unpaired) electrons. The van der Waals surface area contributed by atoms with Gasteiger partial charge in [0.05, 0.1) is 4.92 Å². The Bertz CT molecular complexity index is 420. The summed E-state index contributed by atoms with van der Waals surface area (Å²) in [5, 5.41) is 11.3. The van der Waals surface area contributed by atoms with E-state index in [2.05, 4.69) is 4.90 Å². The van der Waals surface area contributed by atoms with E-state index in [1.54, 1.807) is 11.8 Å². The summed E-state index contributed by atoms with van der Waals surface area (Å²) in [4.78, 5) is 12.3. The number of hydrogen-bond acceptors (Lipinski definition) is 4. The van der Waals surface area contributed by atoms with Gasteiger partial charge in [0.1, 0.15) is 5.03 Å². The summed E-state index contributed by atoms with van der Waals surface area (Å²) in [6.45, 7) is 1.63. The molecular formula is C12H14N2O2S. The third kappa shape index (κ3) is 3.49. The number of hydrogen-bond donors (Lipinski definition) is 0. The molecule has 0 bridgehead atoms. The lowest BCUT2D eigenvalue weighted by atomic mass is 10.2. The highest BCUT2D eigenvalue weighted by Crippen LogP contribution is 2.28. The first-order valence-corrected chi connectivity index (χ1v) is 6.51. The van der Waals surface area contributed by atoms with Crippen LogP contribution in [-0.2, 0) is 6.54 Å². The van der Waals surface area contributed by atoms with Crippen LogP contribution >= 0.6 is 11.8 Å². The van der Waals surface area contributed by atoms with Crippen LogP contribution in [0.1, 0.15) is 12.0 Å². The number of nitrogens with zero attached hydrogens (tertiary/aromatic N) is 2. The molecule has 90 valence electrons. The zero-order valence-corrected chi connectivity index (χ0v) is 10.2. The van der Waals surface area contributed by atoms with Gasteiger partial charge in [0.2, 0.25) is 0 Å². The van der Waals surface area contributed by atoms with Crippen molar-refractivity contribution in [2.45, 2.75) is 13.0 Å². The second-order valence-corrected chi connectivity index (χ2v) is 4.98. The predicted molar refractivity (Wildman–Crippen MR) is 69.0 cm³/mol. The lowest BCUT2D eigenvalue weighted by Gasteiger charge is -2.29. The Balaban J connectivity index is 2.09. The van der Waals surface area contributed by atoms with Crippen molar-refractivity contribution in [3.05, 3.63) is 57.2 Å². The Hall–Kier alpha value is -1.49. The quantitative estimate of drug-likeness (QED) is 0.611. The van der Waals surface area contributed by atoms with Gasteiger partial charge in [-0.3, -0.25) is 10.1 Å². The molecule has 17 heavy (non-hydrogen) atoms. The highest BCUT2D eigenvalue weighted by atomic mass is 32.2. The van der Waals surface area contributed by atoms with E-state index in [1.807, 2.05) is 30.3 Å². The standard InChI is InChI=1S/C12H14N2O2S/c15-14(16)10-12-13(7-4-8-17-12)9-11-5-2-1-3-6-11/h1-3,5-6,10H,4,7-9H2. The normalized spacial score (nSPS) is 18.4. The highest BCUT2D eigenvalue weighted by molar-refractivity contribution is 8.03. The monoisotopic (exact) mass is 250 g/mol. The van der Waals surface area contributed by atoms with Crippen molar-refractivity contribution in [1.29, 1.82) is 0 Å². The third-order valence-electron chi connectivity index (χ3n) is 2.57. The molecule has 5 heteroatoms. The van der Waals surface area contributed by atoms with Crippen molar-refractivity contribution >= 4 is 11.8 Å². The van der Waals surface area contributed by atoms with Crippen LogP contribution in [0.4, 0.5) is 0 Å². The SMILES string of the molecule is O=[N+]([O-])C=C1SCCCN1Cc1ccccc1. The molecule has 0 saturated carbocycles. The summed E-state index contributed by atoms with van der Waals surface area (Å²) >= 11 is 1.56. The van der Waals surface area contributed by atoms with Crippen LogP contribution in [0.2, 0.25) is 0 Å². The van der Waals surface area contributed by atoms with E-state index in [-0.39, 0.29) is 4.92 Å². The molecule has 4 nitrogen and oxygen atoms in total. The maximum Gasteiger partial charge on any atom is 0.264 e. The van der Waals surface area contributed by atoms with Crippen molar-refractivity contribution in [3.63, 3.8) is 0 Å². The Morgan fingerprint density at radius 3 is 2.88 bits per heavy atom. The second-order valence-electron chi connectivity index (χ2n) is 3.86. The fraction of sp³-hybridized carbons (Fsp3) is 0.333. The van der Waals surface area contributed by atoms with Crippen molar-refractivity contribution in [2.24, 2.45) is 0 Å². The molecular weight excluding hydrogens is 236 g/mol. The first-order valence-electron chi connectivity index (χ1n) is 5.53. The van der Waals surface area contributed by atoms with Crippen LogP contribution in [0.3, 0.4) is 0 Å². The minimum absolute atomic E-state index is 0.369. The topological polar surface area (TPSA) is 46.4 Å². The van der Waals surface area contributed by atoms with Gasteiger partial charge in [0.15, 0.2) is 0 Å². The Morgan fingerprint density at radius 2 is 2.18 bits per heavy atom. The molecule has 1 aliphatic rings. The van der Waals surface area contributed by atoms with Gasteiger partial charge in [-0.25, -0.2) is 0 Å². The van der Waals surface area contributed by atoms with Gasteiger partial charge in [-0.05, 0) is 12.0 Å². The van der Waals surface area contributed by atoms with E-state index in [1.165, 1.54) is 5.56 Å². The molecule has 1 aromatic carbocycles. The van der Waals surface area contributed by atoms with Gasteiger partial charge in [-0.15, -0.1) is 11.8 Å². The van der Waals surface area contributed by atoms with E-state index in [0.717, 1.165) is 36.5 Å². The molecule has 0 spiro atoms. The van der Waals surface area contributed by atoms with Crippen LogP contribution in [0.5, 0.6) is 0 Å². The van der Waals surface area contributed by atoms with Crippen LogP contribution in [-0.4, -0.2) is 22.1 Å². The zero-order chi connectivity index (χ0) is 12.1. The van der Waals surface area contributed by atoms with Crippen LogP contribution in [0, 0.1) is 10.1 Å². The molecule has 0 aromatic heterocycles. The molecule has 2 rings (SSSR count). The minimum atomic E-state index is -0.369. The molecule has 0 aliphatic carbocycles. The molecule has 1 heterocycles. The summed E-state index contributed by atoms with van der Waals surface area (Å²) < 4.78 is 0. The van der Waals surface area contributed by atoms with E-state index < -0.39 is 0 Å². The lowest BCUT2D eigenvalue weighted by Crippen LogP contribution is -2.27. The molecule has 1 saturated heterocycles. The number of thioether (sulfide) groups is 1. The Labute approximate surface area is 104 Å². The smallest absolute Gasteiger partial charge is 0.264 e. The van der Waals surface area contributed by atoms with Gasteiger partial charge in [0.25, 0.3) is 6.20 Å². The fourth-order valence-corrected chi connectivity index (χ4v) is 2.79. The van der Waals surface area contributed by atoms with Crippen LogP contribution in [0.15, 0.2) is 41.6 Å². The molecule has 0 unspecified atom stereocenters. The van der Waals surface area contributed by atoms with Gasteiger partial charge in [-0.2, -0.15) is 0 Å². The largest absolute Gasteiger partial charge is 0.357 e. The van der Waals surface area contributed by atoms with E-state index in [4.69, 9.17) is 0 Å². The molecule has 1 aliphatic heterocycles. The number of benzene rings is 1. The van der Waals surface area contributed by atoms with Gasteiger partial charge in [-0.1, -0.05) is 30.3 Å². The molecule has 0 N–H and O–H groups in total. The molecule has 1 fully saturated rings. The highest BCUT2D eigenvalue weighted by Gasteiger charge is 2.18. The third-order valence-corrected chi connectivity index (χ3v) is 3.72. The first-order chi connectivity index (χ1) is 8.25. The van der Waals surface area contributed by atoms with Crippen molar-refractivity contribution in [3.8, 4) is 0 Å². The Morgan fingerprint density at radius 1 is 1.41 bits per heavy atom. The van der Waals surface area contributed by atoms with Crippen molar-refractivity contribution in [1.82, 2.24) is 4.90 Å². The summed E-state index contributed by atoms with van der Waals surface area (Å²) in [7, 11) is 0. The second kappa shape index (κ2) is 5.72. The average Bonchev–Trinajstić information content (AvgIpc) is 2.32. The zero-order valence-electron chi connectivity index (χ0n) is 9.41. The minimum Gasteiger partial charge on any atom is -0.357 e. The first kappa shape index (κ1) is 12.0. The van der Waals surface area contributed by atoms with Crippen molar-refractivity contribution < 1.29 is 4.92 Å². The molecule has 0 atom stereocenters. The van der Waals surface area contributed by atoms with Gasteiger partial charge in [0, 0.05) is 18.8 Å². The summed E-state index contributed by atoms with van der Waals surface area (Å²) in [5.74, 6) is 0.963. The van der Waals surface area contributed by atoms with Crippen LogP contribution < -0.4 is 0 Å².